The second kappa shape index (κ2) is 13.4. The molecule has 0 radical (unpaired) electrons. The highest BCUT2D eigenvalue weighted by atomic mass is 35.5. The van der Waals surface area contributed by atoms with Gasteiger partial charge in [0.1, 0.15) is 11.5 Å². The Bertz CT molecular complexity index is 1590. The number of nitrogens with zero attached hydrogens (tertiary/aromatic N) is 2. The molecular formula is C34H36ClN3O7. The van der Waals surface area contributed by atoms with Crippen molar-refractivity contribution in [1.29, 1.82) is 0 Å². The molecule has 3 heterocycles. The Hall–Kier alpha value is -4.28. The molecule has 1 aliphatic carbocycles. The summed E-state index contributed by atoms with van der Waals surface area (Å²) in [5, 5.41) is 13.0. The van der Waals surface area contributed by atoms with Crippen molar-refractivity contribution in [2.75, 3.05) is 26.7 Å². The zero-order valence-corrected chi connectivity index (χ0v) is 25.8. The Balaban J connectivity index is 1.24. The van der Waals surface area contributed by atoms with Gasteiger partial charge in [0.15, 0.2) is 11.5 Å². The number of fused-ring (bicyclic) bond motifs is 9. The lowest BCUT2D eigenvalue weighted by Gasteiger charge is -2.25. The molecule has 3 aliphatic heterocycles. The van der Waals surface area contributed by atoms with Crippen molar-refractivity contribution < 1.29 is 33.7 Å². The van der Waals surface area contributed by atoms with Crippen molar-refractivity contribution in [2.24, 2.45) is 0 Å². The van der Waals surface area contributed by atoms with Gasteiger partial charge in [0.2, 0.25) is 17.7 Å². The van der Waals surface area contributed by atoms with Crippen LogP contribution >= 0.6 is 11.6 Å². The van der Waals surface area contributed by atoms with Crippen molar-refractivity contribution in [1.82, 2.24) is 15.1 Å². The molecule has 45 heavy (non-hydrogen) atoms. The van der Waals surface area contributed by atoms with Crippen LogP contribution in [-0.4, -0.2) is 77.6 Å². The first-order valence-electron chi connectivity index (χ1n) is 15.1. The molecule has 11 heteroatoms. The monoisotopic (exact) mass is 633 g/mol. The molecule has 0 spiro atoms. The predicted octanol–water partition coefficient (Wildman–Crippen LogP) is 4.24. The van der Waals surface area contributed by atoms with Crippen LogP contribution in [-0.2, 0) is 38.6 Å². The van der Waals surface area contributed by atoms with E-state index in [1.807, 2.05) is 42.5 Å². The second-order valence-corrected chi connectivity index (χ2v) is 12.2. The van der Waals surface area contributed by atoms with Gasteiger partial charge in [-0.2, -0.15) is 0 Å². The fraction of sp³-hybridized carbons (Fsp3) is 0.382. The lowest BCUT2D eigenvalue weighted by atomic mass is 10.1. The van der Waals surface area contributed by atoms with Gasteiger partial charge in [-0.25, -0.2) is 0 Å². The van der Waals surface area contributed by atoms with Gasteiger partial charge in [-0.1, -0.05) is 35.9 Å². The number of nitrogens with one attached hydrogen (secondary N) is 1. The molecule has 7 rings (SSSR count). The standard InChI is InChI=1S/C34H36ClN3O7/c1-43-30-15-21-6-11-29(30)45-25-4-2-3-23(13-25)20-44-31-18-37(34(42)16-22-5-10-28(39)26(35)14-22)17-27(31)36-32(40)19-38(24-8-9-24)33(41)12-7-21/h2-6,10-11,13-15,24,27,31,39H,7-9,12,16-20H2,1H3,(H,36,40)/t27-,31-/m0/s1. The number of rotatable bonds is 4. The molecule has 0 aromatic heterocycles. The Morgan fingerprint density at radius 3 is 2.67 bits per heavy atom. The second-order valence-electron chi connectivity index (χ2n) is 11.8. The molecule has 4 bridgehead atoms. The topological polar surface area (TPSA) is 118 Å². The molecule has 3 amide bonds. The largest absolute Gasteiger partial charge is 0.506 e. The molecular weight excluding hydrogens is 598 g/mol. The van der Waals surface area contributed by atoms with Crippen molar-refractivity contribution in [3.05, 3.63) is 82.4 Å². The summed E-state index contributed by atoms with van der Waals surface area (Å²) in [7, 11) is 1.58. The summed E-state index contributed by atoms with van der Waals surface area (Å²) in [6, 6.07) is 17.4. The predicted molar refractivity (Wildman–Crippen MR) is 166 cm³/mol. The fourth-order valence-corrected chi connectivity index (χ4v) is 6.02. The van der Waals surface area contributed by atoms with Gasteiger partial charge in [-0.3, -0.25) is 14.4 Å². The normalized spacial score (nSPS) is 20.8. The van der Waals surface area contributed by atoms with E-state index in [1.54, 1.807) is 29.0 Å². The number of carbonyl (C=O) groups excluding carboxylic acids is 3. The van der Waals surface area contributed by atoms with Crippen molar-refractivity contribution in [3.63, 3.8) is 0 Å². The zero-order chi connectivity index (χ0) is 31.5. The maximum Gasteiger partial charge on any atom is 0.240 e. The van der Waals surface area contributed by atoms with Gasteiger partial charge in [-0.05, 0) is 72.4 Å². The van der Waals surface area contributed by atoms with Crippen LogP contribution in [0.1, 0.15) is 36.0 Å². The number of phenolic OH excluding ortho intramolecular Hbond substituents is 1. The lowest BCUT2D eigenvalue weighted by molar-refractivity contribution is -0.137. The summed E-state index contributed by atoms with van der Waals surface area (Å²) in [6.07, 6.45) is 2.10. The first-order valence-corrected chi connectivity index (χ1v) is 15.5. The molecule has 2 fully saturated rings. The molecule has 10 nitrogen and oxygen atoms in total. The SMILES string of the molecule is COc1cc2ccc1Oc1cccc(c1)CO[C@H]1CN(C(=O)Cc3ccc(O)c(Cl)c3)C[C@@H]1NC(=O)CN(C1CC1)C(=O)CC2. The van der Waals surface area contributed by atoms with E-state index in [4.69, 9.17) is 25.8 Å². The average molecular weight is 634 g/mol. The van der Waals surface area contributed by atoms with Crippen LogP contribution < -0.4 is 14.8 Å². The maximum atomic E-state index is 13.4. The number of methoxy groups -OCH3 is 1. The van der Waals surface area contributed by atoms with Gasteiger partial charge < -0.3 is 34.4 Å². The molecule has 1 saturated carbocycles. The Morgan fingerprint density at radius 2 is 1.89 bits per heavy atom. The number of aryl methyl sites for hydroxylation is 1. The summed E-state index contributed by atoms with van der Waals surface area (Å²) >= 11 is 6.05. The molecule has 4 aliphatic rings. The minimum absolute atomic E-state index is 0.0486. The van der Waals surface area contributed by atoms with Crippen LogP contribution in [0.2, 0.25) is 5.02 Å². The summed E-state index contributed by atoms with van der Waals surface area (Å²) in [5.74, 6) is 1.16. The Kier molecular flexibility index (Phi) is 9.14. The number of phenols is 1. The molecule has 2 atom stereocenters. The van der Waals surface area contributed by atoms with Crippen LogP contribution in [0.4, 0.5) is 0 Å². The third-order valence-corrected chi connectivity index (χ3v) is 8.70. The summed E-state index contributed by atoms with van der Waals surface area (Å²) in [6.45, 7) is 0.715. The number of ether oxygens (including phenoxy) is 3. The average Bonchev–Trinajstić information content (AvgIpc) is 3.79. The van der Waals surface area contributed by atoms with E-state index in [2.05, 4.69) is 5.32 Å². The number of likely N-dealkylation sites (tertiary alicyclic amines) is 1. The molecule has 236 valence electrons. The van der Waals surface area contributed by atoms with E-state index >= 15 is 0 Å². The highest BCUT2D eigenvalue weighted by Crippen LogP contribution is 2.34. The molecule has 3 aromatic carbocycles. The number of hydrogen-bond acceptors (Lipinski definition) is 7. The molecule has 0 unspecified atom stereocenters. The van der Waals surface area contributed by atoms with E-state index < -0.39 is 12.1 Å². The molecule has 3 aromatic rings. The van der Waals surface area contributed by atoms with Gasteiger partial charge >= 0.3 is 0 Å². The van der Waals surface area contributed by atoms with Gasteiger partial charge in [0.25, 0.3) is 0 Å². The third-order valence-electron chi connectivity index (χ3n) is 8.40. The lowest BCUT2D eigenvalue weighted by Crippen LogP contribution is -2.49. The highest BCUT2D eigenvalue weighted by Gasteiger charge is 2.39. The minimum atomic E-state index is -0.481. The number of hydrogen-bond donors (Lipinski definition) is 2. The van der Waals surface area contributed by atoms with Gasteiger partial charge in [-0.15, -0.1) is 0 Å². The fourth-order valence-electron chi connectivity index (χ4n) is 5.82. The summed E-state index contributed by atoms with van der Waals surface area (Å²) in [4.78, 5) is 43.4. The Labute approximate surface area is 266 Å². The van der Waals surface area contributed by atoms with Gasteiger partial charge in [0.05, 0.1) is 43.9 Å². The maximum absolute atomic E-state index is 13.4. The van der Waals surface area contributed by atoms with Crippen LogP contribution in [0.25, 0.3) is 0 Å². The number of carbonyl (C=O) groups is 3. The molecule has 1 saturated heterocycles. The minimum Gasteiger partial charge on any atom is -0.506 e. The van der Waals surface area contributed by atoms with Gasteiger partial charge in [0, 0.05) is 25.6 Å². The first kappa shape index (κ1) is 30.7. The van der Waals surface area contributed by atoms with Crippen molar-refractivity contribution >= 4 is 29.3 Å². The Morgan fingerprint density at radius 1 is 1.04 bits per heavy atom. The van der Waals surface area contributed by atoms with E-state index in [9.17, 15) is 19.5 Å². The first-order chi connectivity index (χ1) is 21.7. The quantitative estimate of drug-likeness (QED) is 0.441. The van der Waals surface area contributed by atoms with E-state index in [0.29, 0.717) is 29.2 Å². The third kappa shape index (κ3) is 7.51. The van der Waals surface area contributed by atoms with Crippen LogP contribution in [0.5, 0.6) is 23.0 Å². The van der Waals surface area contributed by atoms with E-state index in [0.717, 1.165) is 24.0 Å². The van der Waals surface area contributed by atoms with Crippen LogP contribution in [0.3, 0.4) is 0 Å². The van der Waals surface area contributed by atoms with Crippen molar-refractivity contribution in [2.45, 2.75) is 56.9 Å². The van der Waals surface area contributed by atoms with Crippen LogP contribution in [0, 0.1) is 0 Å². The molecule has 2 N–H and O–H groups in total. The van der Waals surface area contributed by atoms with E-state index in [-0.39, 0.29) is 73.6 Å². The van der Waals surface area contributed by atoms with Crippen molar-refractivity contribution in [3.8, 4) is 23.0 Å². The number of amides is 3. The van der Waals surface area contributed by atoms with E-state index in [1.165, 1.54) is 6.07 Å². The highest BCUT2D eigenvalue weighted by molar-refractivity contribution is 6.32. The number of benzene rings is 3. The number of halogens is 1. The summed E-state index contributed by atoms with van der Waals surface area (Å²) in [5.41, 5.74) is 2.46. The van der Waals surface area contributed by atoms with Crippen LogP contribution in [0.15, 0.2) is 60.7 Å². The number of aromatic hydroxyl groups is 1. The zero-order valence-electron chi connectivity index (χ0n) is 25.0. The summed E-state index contributed by atoms with van der Waals surface area (Å²) < 4.78 is 18.1. The smallest absolute Gasteiger partial charge is 0.240 e.